The van der Waals surface area contributed by atoms with Crippen LogP contribution in [-0.2, 0) is 0 Å². The Kier molecular flexibility index (Phi) is 8.69. The van der Waals surface area contributed by atoms with Crippen molar-refractivity contribution in [2.45, 2.75) is 0 Å². The van der Waals surface area contributed by atoms with Crippen LogP contribution in [0.25, 0.3) is 142 Å². The third-order valence-corrected chi connectivity index (χ3v) is 14.6. The second-order valence-corrected chi connectivity index (χ2v) is 18.3. The molecule has 0 aliphatic rings. The molecule has 0 aromatic heterocycles. The molecule has 0 nitrogen and oxygen atoms in total. The fourth-order valence-electron chi connectivity index (χ4n) is 11.5. The van der Waals surface area contributed by atoms with E-state index in [2.05, 4.69) is 255 Å². The van der Waals surface area contributed by atoms with Crippen molar-refractivity contribution in [2.75, 3.05) is 0 Å². The average molecular weight is 859 g/mol. The molecule has 0 atom stereocenters. The monoisotopic (exact) mass is 858 g/mol. The molecule has 314 valence electrons. The first-order chi connectivity index (χ1) is 33.7. The standard InChI is InChI=1S/C68H42/c1-3-15-53-45(13-1)29-35-51-41-49(37-39-55(51)53)43-25-31-47(32-26-43)65-57-17-5-9-21-61(57)67(62-22-10-6-18-58(62)65)68-63-23-11-7-19-59(63)66(60-20-8-12-24-64(60)68)48-33-27-44(28-34-48)50-38-40-56-52(42-50)36-30-46-14-2-4-16-54(46)56/h1-42H. The van der Waals surface area contributed by atoms with Gasteiger partial charge in [-0.25, -0.2) is 0 Å². The summed E-state index contributed by atoms with van der Waals surface area (Å²) in [4.78, 5) is 0. The summed E-state index contributed by atoms with van der Waals surface area (Å²) in [6.07, 6.45) is 0. The first kappa shape index (κ1) is 38.4. The van der Waals surface area contributed by atoms with Crippen molar-refractivity contribution in [1.82, 2.24) is 0 Å². The maximum atomic E-state index is 2.33. The molecule has 0 bridgehead atoms. The van der Waals surface area contributed by atoms with Gasteiger partial charge >= 0.3 is 0 Å². The van der Waals surface area contributed by atoms with Crippen LogP contribution in [0.15, 0.2) is 255 Å². The lowest BCUT2D eigenvalue weighted by Gasteiger charge is -2.22. The van der Waals surface area contributed by atoms with Gasteiger partial charge in [0.25, 0.3) is 0 Å². The van der Waals surface area contributed by atoms with Crippen LogP contribution in [0.5, 0.6) is 0 Å². The molecule has 0 N–H and O–H groups in total. The zero-order valence-corrected chi connectivity index (χ0v) is 37.2. The van der Waals surface area contributed by atoms with Gasteiger partial charge in [0.2, 0.25) is 0 Å². The van der Waals surface area contributed by atoms with Gasteiger partial charge in [-0.05, 0) is 154 Å². The van der Waals surface area contributed by atoms with Crippen molar-refractivity contribution in [3.05, 3.63) is 255 Å². The Labute approximate surface area is 394 Å². The first-order valence-electron chi connectivity index (χ1n) is 23.7. The van der Waals surface area contributed by atoms with Crippen molar-refractivity contribution in [2.24, 2.45) is 0 Å². The fraction of sp³-hybridized carbons (Fsp3) is 0. The number of benzene rings is 14. The Morgan fingerprint density at radius 2 is 0.368 bits per heavy atom. The van der Waals surface area contributed by atoms with Crippen molar-refractivity contribution < 1.29 is 0 Å². The van der Waals surface area contributed by atoms with Crippen LogP contribution in [0.3, 0.4) is 0 Å². The first-order valence-corrected chi connectivity index (χ1v) is 23.7. The van der Waals surface area contributed by atoms with Crippen molar-refractivity contribution in [3.63, 3.8) is 0 Å². The molecule has 0 aliphatic heterocycles. The van der Waals surface area contributed by atoms with E-state index in [0.29, 0.717) is 0 Å². The van der Waals surface area contributed by atoms with Gasteiger partial charge in [0, 0.05) is 0 Å². The highest BCUT2D eigenvalue weighted by Crippen LogP contribution is 2.50. The minimum absolute atomic E-state index is 1.21. The highest BCUT2D eigenvalue weighted by molar-refractivity contribution is 6.30. The van der Waals surface area contributed by atoms with E-state index in [0.717, 1.165) is 0 Å². The number of fused-ring (bicyclic) bond motifs is 10. The van der Waals surface area contributed by atoms with Crippen molar-refractivity contribution >= 4 is 86.2 Å². The Bertz CT molecular complexity index is 3950. The van der Waals surface area contributed by atoms with E-state index in [1.807, 2.05) is 0 Å². The van der Waals surface area contributed by atoms with Crippen LogP contribution in [0.2, 0.25) is 0 Å². The molecular weight excluding hydrogens is 817 g/mol. The van der Waals surface area contributed by atoms with Crippen molar-refractivity contribution in [3.8, 4) is 55.6 Å². The van der Waals surface area contributed by atoms with E-state index in [1.165, 1.54) is 142 Å². The molecule has 14 aromatic carbocycles. The molecule has 0 unspecified atom stereocenters. The third-order valence-electron chi connectivity index (χ3n) is 14.6. The van der Waals surface area contributed by atoms with E-state index in [-0.39, 0.29) is 0 Å². The molecule has 0 saturated carbocycles. The summed E-state index contributed by atoms with van der Waals surface area (Å²) in [5.41, 5.74) is 12.4. The molecule has 0 fully saturated rings. The summed E-state index contributed by atoms with van der Waals surface area (Å²) in [6.45, 7) is 0. The van der Waals surface area contributed by atoms with Crippen LogP contribution < -0.4 is 0 Å². The molecule has 0 spiro atoms. The molecule has 14 rings (SSSR count). The zero-order valence-electron chi connectivity index (χ0n) is 37.2. The second kappa shape index (κ2) is 15.4. The van der Waals surface area contributed by atoms with E-state index in [9.17, 15) is 0 Å². The maximum absolute atomic E-state index is 2.33. The van der Waals surface area contributed by atoms with Gasteiger partial charge in [0.1, 0.15) is 0 Å². The van der Waals surface area contributed by atoms with Crippen LogP contribution in [0.4, 0.5) is 0 Å². The van der Waals surface area contributed by atoms with Crippen LogP contribution in [0.1, 0.15) is 0 Å². The summed E-state index contributed by atoms with van der Waals surface area (Å²) in [5.74, 6) is 0. The number of hydrogen-bond acceptors (Lipinski definition) is 0. The topological polar surface area (TPSA) is 0 Å². The second-order valence-electron chi connectivity index (χ2n) is 18.3. The molecule has 14 aromatic rings. The Morgan fingerprint density at radius 1 is 0.132 bits per heavy atom. The van der Waals surface area contributed by atoms with Gasteiger partial charge in [0.05, 0.1) is 0 Å². The molecule has 0 heterocycles. The van der Waals surface area contributed by atoms with E-state index >= 15 is 0 Å². The molecule has 0 aliphatic carbocycles. The summed E-state index contributed by atoms with van der Waals surface area (Å²) >= 11 is 0. The maximum Gasteiger partial charge on any atom is -0.00139 e. The number of hydrogen-bond donors (Lipinski definition) is 0. The molecular formula is C68H42. The normalized spacial score (nSPS) is 11.8. The Morgan fingerprint density at radius 3 is 0.706 bits per heavy atom. The zero-order chi connectivity index (χ0) is 44.7. The van der Waals surface area contributed by atoms with E-state index in [1.54, 1.807) is 0 Å². The largest absolute Gasteiger partial charge is 0.0616 e. The van der Waals surface area contributed by atoms with Gasteiger partial charge in [-0.1, -0.05) is 243 Å². The SMILES string of the molecule is c1ccc2c(c1)ccc1cc(-c3ccc(-c4c5ccccc5c(-c5c6ccccc6c(-c6ccc(-c7ccc8c(ccc9ccccc98)c7)cc6)c6ccccc56)c5ccccc45)cc3)ccc12. The Hall–Kier alpha value is -8.84. The van der Waals surface area contributed by atoms with Crippen molar-refractivity contribution in [1.29, 1.82) is 0 Å². The predicted molar refractivity (Wildman–Crippen MR) is 294 cm³/mol. The summed E-state index contributed by atoms with van der Waals surface area (Å²) in [6, 6.07) is 94.7. The number of rotatable bonds is 5. The van der Waals surface area contributed by atoms with Crippen LogP contribution in [-0.4, -0.2) is 0 Å². The molecule has 0 amide bonds. The summed E-state index contributed by atoms with van der Waals surface area (Å²) in [7, 11) is 0. The lowest BCUT2D eigenvalue weighted by molar-refractivity contribution is 1.63. The van der Waals surface area contributed by atoms with Crippen LogP contribution >= 0.6 is 0 Å². The smallest absolute Gasteiger partial charge is 0.00139 e. The van der Waals surface area contributed by atoms with Gasteiger partial charge in [-0.3, -0.25) is 0 Å². The van der Waals surface area contributed by atoms with Gasteiger partial charge in [-0.2, -0.15) is 0 Å². The lowest BCUT2D eigenvalue weighted by atomic mass is 9.81. The quantitative estimate of drug-likeness (QED) is 0.119. The molecule has 68 heavy (non-hydrogen) atoms. The van der Waals surface area contributed by atoms with Crippen LogP contribution in [0, 0.1) is 0 Å². The highest BCUT2D eigenvalue weighted by atomic mass is 14.3. The highest BCUT2D eigenvalue weighted by Gasteiger charge is 2.22. The minimum atomic E-state index is 1.21. The van der Waals surface area contributed by atoms with E-state index < -0.39 is 0 Å². The minimum Gasteiger partial charge on any atom is -0.0616 e. The molecule has 0 radical (unpaired) electrons. The summed E-state index contributed by atoms with van der Waals surface area (Å²) < 4.78 is 0. The molecule has 0 heteroatoms. The van der Waals surface area contributed by atoms with Gasteiger partial charge < -0.3 is 0 Å². The average Bonchev–Trinajstić information content (AvgIpc) is 3.41. The van der Waals surface area contributed by atoms with E-state index in [4.69, 9.17) is 0 Å². The summed E-state index contributed by atoms with van der Waals surface area (Å²) in [5, 5.41) is 20.2. The van der Waals surface area contributed by atoms with Gasteiger partial charge in [0.15, 0.2) is 0 Å². The molecule has 0 saturated heterocycles. The van der Waals surface area contributed by atoms with Gasteiger partial charge in [-0.15, -0.1) is 0 Å². The fourth-order valence-corrected chi connectivity index (χ4v) is 11.5. The lowest BCUT2D eigenvalue weighted by Crippen LogP contribution is -1.94. The Balaban J connectivity index is 0.911. The predicted octanol–water partition coefficient (Wildman–Crippen LogP) is 19.2. The third kappa shape index (κ3) is 6.01.